The molecule has 0 atom stereocenters. The second-order valence-corrected chi connectivity index (χ2v) is 4.39. The molecule has 0 saturated carbocycles. The van der Waals surface area contributed by atoms with Gasteiger partial charge in [0.2, 0.25) is 0 Å². The molecule has 0 aliphatic heterocycles. The van der Waals surface area contributed by atoms with E-state index in [0.717, 1.165) is 9.13 Å². The maximum atomic E-state index is 11.8. The Balaban J connectivity index is 2.11. The number of carbonyl (C=O) groups is 1. The molecule has 0 spiro atoms. The monoisotopic (exact) mass is 312 g/mol. The highest BCUT2D eigenvalue weighted by Crippen LogP contribution is 2.04. The van der Waals surface area contributed by atoms with Gasteiger partial charge in [0.15, 0.2) is 5.78 Å². The SMILES string of the molecule is O=C(Cn1cc(I)cn1)c1ccccc1. The predicted octanol–water partition coefficient (Wildman–Crippen LogP) is 2.37. The normalized spacial score (nSPS) is 10.2. The van der Waals surface area contributed by atoms with Gasteiger partial charge in [0.25, 0.3) is 0 Å². The molecule has 1 heterocycles. The number of rotatable bonds is 3. The first kappa shape index (κ1) is 10.4. The van der Waals surface area contributed by atoms with Crippen molar-refractivity contribution in [1.82, 2.24) is 9.78 Å². The lowest BCUT2D eigenvalue weighted by Crippen LogP contribution is -2.10. The molecule has 1 aromatic carbocycles. The lowest BCUT2D eigenvalue weighted by atomic mass is 10.1. The van der Waals surface area contributed by atoms with E-state index in [1.54, 1.807) is 10.9 Å². The van der Waals surface area contributed by atoms with E-state index in [1.165, 1.54) is 0 Å². The van der Waals surface area contributed by atoms with Gasteiger partial charge in [-0.3, -0.25) is 9.48 Å². The molecular weight excluding hydrogens is 303 g/mol. The maximum absolute atomic E-state index is 11.8. The van der Waals surface area contributed by atoms with Crippen LogP contribution in [0, 0.1) is 3.57 Å². The summed E-state index contributed by atoms with van der Waals surface area (Å²) in [5.74, 6) is 0.0788. The van der Waals surface area contributed by atoms with E-state index >= 15 is 0 Å². The van der Waals surface area contributed by atoms with E-state index in [9.17, 15) is 4.79 Å². The third-order valence-electron chi connectivity index (χ3n) is 2.00. The van der Waals surface area contributed by atoms with E-state index < -0.39 is 0 Å². The molecule has 0 aliphatic rings. The van der Waals surface area contributed by atoms with Crippen LogP contribution in [0.2, 0.25) is 0 Å². The van der Waals surface area contributed by atoms with E-state index in [2.05, 4.69) is 27.7 Å². The third kappa shape index (κ3) is 2.65. The summed E-state index contributed by atoms with van der Waals surface area (Å²) in [6, 6.07) is 9.25. The number of hydrogen-bond acceptors (Lipinski definition) is 2. The number of Topliss-reactive ketones (excluding diaryl/α,β-unsaturated/α-hetero) is 1. The van der Waals surface area contributed by atoms with Crippen LogP contribution in [-0.2, 0) is 6.54 Å². The van der Waals surface area contributed by atoms with Gasteiger partial charge in [0.1, 0.15) is 6.54 Å². The Hall–Kier alpha value is -1.17. The number of halogens is 1. The number of hydrogen-bond donors (Lipinski definition) is 0. The largest absolute Gasteiger partial charge is 0.292 e. The van der Waals surface area contributed by atoms with E-state index in [0.29, 0.717) is 6.54 Å². The second kappa shape index (κ2) is 4.57. The van der Waals surface area contributed by atoms with Gasteiger partial charge in [0, 0.05) is 11.8 Å². The van der Waals surface area contributed by atoms with Crippen LogP contribution in [-0.4, -0.2) is 15.6 Å². The third-order valence-corrected chi connectivity index (χ3v) is 2.56. The standard InChI is InChI=1S/C11H9IN2O/c12-10-6-13-14(7-10)8-11(15)9-4-2-1-3-5-9/h1-7H,8H2. The van der Waals surface area contributed by atoms with Gasteiger partial charge in [-0.2, -0.15) is 5.10 Å². The molecule has 1 aromatic heterocycles. The van der Waals surface area contributed by atoms with Gasteiger partial charge < -0.3 is 0 Å². The van der Waals surface area contributed by atoms with Gasteiger partial charge in [-0.1, -0.05) is 30.3 Å². The van der Waals surface area contributed by atoms with Crippen molar-refractivity contribution in [3.63, 3.8) is 0 Å². The van der Waals surface area contributed by atoms with Crippen molar-refractivity contribution >= 4 is 28.4 Å². The minimum atomic E-state index is 0.0788. The molecule has 0 radical (unpaired) electrons. The summed E-state index contributed by atoms with van der Waals surface area (Å²) < 4.78 is 2.69. The van der Waals surface area contributed by atoms with Gasteiger partial charge in [0.05, 0.1) is 9.77 Å². The number of ketones is 1. The van der Waals surface area contributed by atoms with Crippen LogP contribution in [0.3, 0.4) is 0 Å². The Morgan fingerprint density at radius 2 is 2.07 bits per heavy atom. The predicted molar refractivity (Wildman–Crippen MR) is 65.7 cm³/mol. The zero-order valence-corrected chi connectivity index (χ0v) is 10.1. The second-order valence-electron chi connectivity index (χ2n) is 3.15. The summed E-state index contributed by atoms with van der Waals surface area (Å²) >= 11 is 2.17. The first-order valence-corrected chi connectivity index (χ1v) is 5.60. The Labute approximate surface area is 101 Å². The maximum Gasteiger partial charge on any atom is 0.184 e. The van der Waals surface area contributed by atoms with Crippen molar-refractivity contribution in [1.29, 1.82) is 0 Å². The molecule has 0 fully saturated rings. The Morgan fingerprint density at radius 1 is 1.33 bits per heavy atom. The van der Waals surface area contributed by atoms with Crippen molar-refractivity contribution in [2.24, 2.45) is 0 Å². The van der Waals surface area contributed by atoms with Crippen molar-refractivity contribution in [2.45, 2.75) is 6.54 Å². The lowest BCUT2D eigenvalue weighted by molar-refractivity contribution is 0.0967. The fraction of sp³-hybridized carbons (Fsp3) is 0.0909. The van der Waals surface area contributed by atoms with Crippen molar-refractivity contribution in [3.05, 3.63) is 51.9 Å². The first-order valence-electron chi connectivity index (χ1n) is 4.52. The topological polar surface area (TPSA) is 34.9 Å². The van der Waals surface area contributed by atoms with Crippen molar-refractivity contribution < 1.29 is 4.79 Å². The van der Waals surface area contributed by atoms with Crippen LogP contribution in [0.5, 0.6) is 0 Å². The molecule has 15 heavy (non-hydrogen) atoms. The summed E-state index contributed by atoms with van der Waals surface area (Å²) in [7, 11) is 0. The van der Waals surface area contributed by atoms with Gasteiger partial charge in [-0.15, -0.1) is 0 Å². The highest BCUT2D eigenvalue weighted by Gasteiger charge is 2.06. The van der Waals surface area contributed by atoms with Gasteiger partial charge >= 0.3 is 0 Å². The molecule has 2 aromatic rings. The summed E-state index contributed by atoms with van der Waals surface area (Å²) in [4.78, 5) is 11.8. The fourth-order valence-electron chi connectivity index (χ4n) is 1.29. The minimum absolute atomic E-state index is 0.0788. The number of benzene rings is 1. The average Bonchev–Trinajstić information content (AvgIpc) is 2.65. The smallest absolute Gasteiger partial charge is 0.184 e. The highest BCUT2D eigenvalue weighted by atomic mass is 127. The molecule has 0 bridgehead atoms. The van der Waals surface area contributed by atoms with Crippen LogP contribution < -0.4 is 0 Å². The number of carbonyl (C=O) groups excluding carboxylic acids is 1. The molecule has 0 aliphatic carbocycles. The number of aromatic nitrogens is 2. The molecular formula is C11H9IN2O. The minimum Gasteiger partial charge on any atom is -0.292 e. The summed E-state index contributed by atoms with van der Waals surface area (Å²) in [6.45, 7) is 0.299. The lowest BCUT2D eigenvalue weighted by Gasteiger charge is -2.00. The average molecular weight is 312 g/mol. The Morgan fingerprint density at radius 3 is 2.67 bits per heavy atom. The van der Waals surface area contributed by atoms with E-state index in [4.69, 9.17) is 0 Å². The fourth-order valence-corrected chi connectivity index (χ4v) is 1.73. The molecule has 2 rings (SSSR count). The summed E-state index contributed by atoms with van der Waals surface area (Å²) in [5.41, 5.74) is 0.725. The first-order chi connectivity index (χ1) is 7.25. The Bertz CT molecular complexity index is 464. The zero-order chi connectivity index (χ0) is 10.7. The van der Waals surface area contributed by atoms with Gasteiger partial charge in [-0.25, -0.2) is 0 Å². The van der Waals surface area contributed by atoms with Gasteiger partial charge in [-0.05, 0) is 22.6 Å². The summed E-state index contributed by atoms with van der Waals surface area (Å²) in [6.07, 6.45) is 3.58. The van der Waals surface area contributed by atoms with E-state index in [1.807, 2.05) is 36.5 Å². The van der Waals surface area contributed by atoms with Crippen LogP contribution >= 0.6 is 22.6 Å². The van der Waals surface area contributed by atoms with E-state index in [-0.39, 0.29) is 5.78 Å². The highest BCUT2D eigenvalue weighted by molar-refractivity contribution is 14.1. The van der Waals surface area contributed by atoms with Crippen LogP contribution in [0.1, 0.15) is 10.4 Å². The number of nitrogens with zero attached hydrogens (tertiary/aromatic N) is 2. The molecule has 0 amide bonds. The Kier molecular flexibility index (Phi) is 3.15. The van der Waals surface area contributed by atoms with Crippen LogP contribution in [0.15, 0.2) is 42.7 Å². The molecule has 3 nitrogen and oxygen atoms in total. The van der Waals surface area contributed by atoms with Crippen molar-refractivity contribution in [2.75, 3.05) is 0 Å². The molecule has 0 saturated heterocycles. The molecule has 4 heteroatoms. The van der Waals surface area contributed by atoms with Crippen LogP contribution in [0.4, 0.5) is 0 Å². The zero-order valence-electron chi connectivity index (χ0n) is 7.93. The summed E-state index contributed by atoms with van der Waals surface area (Å²) in [5, 5.41) is 4.07. The quantitative estimate of drug-likeness (QED) is 0.644. The molecule has 0 N–H and O–H groups in total. The molecule has 76 valence electrons. The van der Waals surface area contributed by atoms with Crippen LogP contribution in [0.25, 0.3) is 0 Å². The molecule has 0 unspecified atom stereocenters. The van der Waals surface area contributed by atoms with Crippen molar-refractivity contribution in [3.8, 4) is 0 Å².